The molecule has 0 spiro atoms. The average Bonchev–Trinajstić information content (AvgIpc) is 2.50. The SMILES string of the molecule is O=C(NC1(C(=O)O)CCC1)c1cc(Br)sc1Br. The van der Waals surface area contributed by atoms with Crippen LogP contribution in [-0.2, 0) is 4.79 Å². The molecule has 1 aromatic rings. The van der Waals surface area contributed by atoms with Gasteiger partial charge in [-0.3, -0.25) is 4.79 Å². The van der Waals surface area contributed by atoms with E-state index in [2.05, 4.69) is 37.2 Å². The number of carboxylic acids is 1. The molecule has 0 atom stereocenters. The van der Waals surface area contributed by atoms with Gasteiger partial charge in [-0.05, 0) is 57.2 Å². The summed E-state index contributed by atoms with van der Waals surface area (Å²) >= 11 is 7.95. The lowest BCUT2D eigenvalue weighted by atomic mass is 9.76. The van der Waals surface area contributed by atoms with Crippen LogP contribution >= 0.6 is 43.2 Å². The minimum atomic E-state index is -1.06. The highest BCUT2D eigenvalue weighted by Crippen LogP contribution is 2.35. The van der Waals surface area contributed by atoms with Gasteiger partial charge in [0, 0.05) is 0 Å². The van der Waals surface area contributed by atoms with Crippen LogP contribution in [-0.4, -0.2) is 22.5 Å². The van der Waals surface area contributed by atoms with Crippen molar-refractivity contribution >= 4 is 55.1 Å². The molecule has 0 aromatic carbocycles. The quantitative estimate of drug-likeness (QED) is 0.844. The van der Waals surface area contributed by atoms with Gasteiger partial charge in [0.15, 0.2) is 0 Å². The Hall–Kier alpha value is -0.400. The lowest BCUT2D eigenvalue weighted by molar-refractivity contribution is -0.148. The number of amides is 1. The van der Waals surface area contributed by atoms with E-state index in [1.54, 1.807) is 6.07 Å². The maximum absolute atomic E-state index is 12.0. The van der Waals surface area contributed by atoms with Crippen molar-refractivity contribution < 1.29 is 14.7 Å². The van der Waals surface area contributed by atoms with E-state index < -0.39 is 11.5 Å². The van der Waals surface area contributed by atoms with Gasteiger partial charge in [-0.15, -0.1) is 11.3 Å². The molecule has 1 amide bonds. The molecule has 0 unspecified atom stereocenters. The number of carbonyl (C=O) groups is 2. The Bertz CT molecular complexity index is 482. The molecule has 4 nitrogen and oxygen atoms in total. The number of carbonyl (C=O) groups excluding carboxylic acids is 1. The Kier molecular flexibility index (Phi) is 3.61. The average molecular weight is 383 g/mol. The number of nitrogens with one attached hydrogen (secondary N) is 1. The summed E-state index contributed by atoms with van der Waals surface area (Å²) in [7, 11) is 0. The summed E-state index contributed by atoms with van der Waals surface area (Å²) < 4.78 is 1.52. The van der Waals surface area contributed by atoms with Crippen LogP contribution in [0.5, 0.6) is 0 Å². The molecule has 1 saturated carbocycles. The van der Waals surface area contributed by atoms with Crippen LogP contribution in [0.4, 0.5) is 0 Å². The molecular formula is C10H9Br2NO3S. The van der Waals surface area contributed by atoms with E-state index in [1.807, 2.05) is 0 Å². The highest BCUT2D eigenvalue weighted by Gasteiger charge is 2.46. The largest absolute Gasteiger partial charge is 0.480 e. The smallest absolute Gasteiger partial charge is 0.329 e. The Morgan fingerprint density at radius 3 is 2.41 bits per heavy atom. The Morgan fingerprint density at radius 2 is 2.06 bits per heavy atom. The number of rotatable bonds is 3. The standard InChI is InChI=1S/C10H9Br2NO3S/c11-6-4-5(7(12)17-6)8(14)13-10(9(15)16)2-1-3-10/h4H,1-3H2,(H,13,14)(H,15,16). The molecular weight excluding hydrogens is 374 g/mol. The second kappa shape index (κ2) is 4.70. The van der Waals surface area contributed by atoms with Crippen LogP contribution in [0.2, 0.25) is 0 Å². The summed E-state index contributed by atoms with van der Waals surface area (Å²) in [6.45, 7) is 0. The fourth-order valence-corrected chi connectivity index (χ4v) is 4.50. The normalized spacial score (nSPS) is 17.3. The second-order valence-corrected chi connectivity index (χ2v) is 7.68. The molecule has 2 N–H and O–H groups in total. The predicted molar refractivity (Wildman–Crippen MR) is 71.4 cm³/mol. The van der Waals surface area contributed by atoms with E-state index in [0.717, 1.165) is 10.2 Å². The molecule has 1 fully saturated rings. The first-order chi connectivity index (χ1) is 7.94. The third-order valence-electron chi connectivity index (χ3n) is 2.87. The molecule has 0 radical (unpaired) electrons. The van der Waals surface area contributed by atoms with Gasteiger partial charge in [0.2, 0.25) is 0 Å². The molecule has 1 aliphatic rings. The Morgan fingerprint density at radius 1 is 1.41 bits per heavy atom. The lowest BCUT2D eigenvalue weighted by Gasteiger charge is -2.38. The maximum atomic E-state index is 12.0. The van der Waals surface area contributed by atoms with Crippen molar-refractivity contribution in [2.24, 2.45) is 0 Å². The van der Waals surface area contributed by atoms with E-state index in [-0.39, 0.29) is 5.91 Å². The van der Waals surface area contributed by atoms with E-state index in [0.29, 0.717) is 22.2 Å². The fourth-order valence-electron chi connectivity index (χ4n) is 1.70. The van der Waals surface area contributed by atoms with Crippen LogP contribution in [0.1, 0.15) is 29.6 Å². The molecule has 1 aromatic heterocycles. The highest BCUT2D eigenvalue weighted by atomic mass is 79.9. The molecule has 2 rings (SSSR count). The number of hydrogen-bond acceptors (Lipinski definition) is 3. The second-order valence-electron chi connectivity index (χ2n) is 3.93. The lowest BCUT2D eigenvalue weighted by Crippen LogP contribution is -2.59. The van der Waals surface area contributed by atoms with Crippen LogP contribution in [0.25, 0.3) is 0 Å². The number of aliphatic carboxylic acids is 1. The summed E-state index contributed by atoms with van der Waals surface area (Å²) in [5.74, 6) is -1.30. The minimum Gasteiger partial charge on any atom is -0.480 e. The maximum Gasteiger partial charge on any atom is 0.329 e. The van der Waals surface area contributed by atoms with Crippen molar-refractivity contribution in [1.82, 2.24) is 5.32 Å². The van der Waals surface area contributed by atoms with Gasteiger partial charge in [-0.1, -0.05) is 0 Å². The Balaban J connectivity index is 2.17. The van der Waals surface area contributed by atoms with Gasteiger partial charge in [0.25, 0.3) is 5.91 Å². The zero-order valence-electron chi connectivity index (χ0n) is 8.63. The van der Waals surface area contributed by atoms with Gasteiger partial charge in [-0.25, -0.2) is 4.79 Å². The van der Waals surface area contributed by atoms with Gasteiger partial charge < -0.3 is 10.4 Å². The summed E-state index contributed by atoms with van der Waals surface area (Å²) in [5.41, 5.74) is -0.598. The van der Waals surface area contributed by atoms with Crippen LogP contribution in [0.3, 0.4) is 0 Å². The third kappa shape index (κ3) is 2.41. The molecule has 92 valence electrons. The van der Waals surface area contributed by atoms with Crippen molar-refractivity contribution in [3.63, 3.8) is 0 Å². The van der Waals surface area contributed by atoms with Gasteiger partial charge in [0.1, 0.15) is 5.54 Å². The van der Waals surface area contributed by atoms with E-state index in [1.165, 1.54) is 11.3 Å². The summed E-state index contributed by atoms with van der Waals surface area (Å²) in [6.07, 6.45) is 1.83. The molecule has 0 saturated heterocycles. The highest BCUT2D eigenvalue weighted by molar-refractivity contribution is 9.12. The van der Waals surface area contributed by atoms with Crippen LogP contribution in [0, 0.1) is 0 Å². The zero-order chi connectivity index (χ0) is 12.6. The summed E-state index contributed by atoms with van der Waals surface area (Å²) in [6, 6.07) is 1.68. The molecule has 1 aliphatic carbocycles. The van der Waals surface area contributed by atoms with Gasteiger partial charge in [0.05, 0.1) is 13.1 Å². The molecule has 0 aliphatic heterocycles. The third-order valence-corrected chi connectivity index (χ3v) is 5.21. The topological polar surface area (TPSA) is 66.4 Å². The zero-order valence-corrected chi connectivity index (χ0v) is 12.6. The van der Waals surface area contributed by atoms with Crippen LogP contribution in [0.15, 0.2) is 13.6 Å². The molecule has 7 heteroatoms. The Labute approximate surface area is 119 Å². The minimum absolute atomic E-state index is 0.346. The first-order valence-electron chi connectivity index (χ1n) is 4.95. The number of halogens is 2. The molecule has 17 heavy (non-hydrogen) atoms. The first kappa shape index (κ1) is 13.0. The fraction of sp³-hybridized carbons (Fsp3) is 0.400. The summed E-state index contributed by atoms with van der Waals surface area (Å²) in [4.78, 5) is 23.1. The van der Waals surface area contributed by atoms with Crippen molar-refractivity contribution in [2.75, 3.05) is 0 Å². The van der Waals surface area contributed by atoms with Gasteiger partial charge in [-0.2, -0.15) is 0 Å². The monoisotopic (exact) mass is 381 g/mol. The molecule has 1 heterocycles. The predicted octanol–water partition coefficient (Wildman–Crippen LogP) is 3.01. The van der Waals surface area contributed by atoms with Crippen LogP contribution < -0.4 is 5.32 Å². The number of carboxylic acid groups (broad SMARTS) is 1. The van der Waals surface area contributed by atoms with E-state index in [9.17, 15) is 9.59 Å². The van der Waals surface area contributed by atoms with Gasteiger partial charge >= 0.3 is 5.97 Å². The van der Waals surface area contributed by atoms with Crippen molar-refractivity contribution in [3.8, 4) is 0 Å². The van der Waals surface area contributed by atoms with E-state index >= 15 is 0 Å². The first-order valence-corrected chi connectivity index (χ1v) is 7.36. The van der Waals surface area contributed by atoms with Crippen molar-refractivity contribution in [3.05, 3.63) is 19.2 Å². The number of thiophene rings is 1. The number of hydrogen-bond donors (Lipinski definition) is 2. The van der Waals surface area contributed by atoms with Crippen molar-refractivity contribution in [2.45, 2.75) is 24.8 Å². The van der Waals surface area contributed by atoms with E-state index in [4.69, 9.17) is 5.11 Å². The van der Waals surface area contributed by atoms with Crippen molar-refractivity contribution in [1.29, 1.82) is 0 Å². The molecule has 0 bridgehead atoms. The summed E-state index contributed by atoms with van der Waals surface area (Å²) in [5, 5.41) is 11.7.